The topological polar surface area (TPSA) is 84.6 Å². The summed E-state index contributed by atoms with van der Waals surface area (Å²) < 4.78 is 5.58. The third kappa shape index (κ3) is 3.45. The minimum absolute atomic E-state index is 0.106. The summed E-state index contributed by atoms with van der Waals surface area (Å²) in [6.07, 6.45) is 0. The average molecular weight is 252 g/mol. The van der Waals surface area contributed by atoms with Gasteiger partial charge in [0.25, 0.3) is 0 Å². The fourth-order valence-corrected chi connectivity index (χ4v) is 1.60. The number of primary amides is 1. The van der Waals surface area contributed by atoms with Crippen molar-refractivity contribution in [2.24, 2.45) is 5.73 Å². The summed E-state index contributed by atoms with van der Waals surface area (Å²) in [7, 11) is 0. The molecule has 4 N–H and O–H groups in total. The number of hydrogen-bond donors (Lipinski definition) is 3. The molecule has 1 atom stereocenters. The number of aliphatic hydroxyl groups is 1. The van der Waals surface area contributed by atoms with Crippen LogP contribution in [0.2, 0.25) is 0 Å². The molecule has 0 saturated carbocycles. The molecule has 18 heavy (non-hydrogen) atoms. The molecule has 0 aromatic heterocycles. The second-order valence-electron chi connectivity index (χ2n) is 4.28. The molecule has 0 fully saturated rings. The molecular weight excluding hydrogens is 232 g/mol. The van der Waals surface area contributed by atoms with Gasteiger partial charge in [0.2, 0.25) is 5.91 Å². The van der Waals surface area contributed by atoms with Crippen molar-refractivity contribution in [2.45, 2.75) is 26.0 Å². The molecule has 5 nitrogen and oxygen atoms in total. The lowest BCUT2D eigenvalue weighted by Crippen LogP contribution is -2.57. The predicted octanol–water partition coefficient (Wildman–Crippen LogP) is 0.411. The Morgan fingerprint density at radius 3 is 2.72 bits per heavy atom. The van der Waals surface area contributed by atoms with E-state index in [9.17, 15) is 9.90 Å². The minimum Gasteiger partial charge on any atom is -0.491 e. The van der Waals surface area contributed by atoms with Crippen LogP contribution in [-0.4, -0.2) is 29.7 Å². The predicted molar refractivity (Wildman–Crippen MR) is 69.1 cm³/mol. The van der Waals surface area contributed by atoms with Crippen molar-refractivity contribution in [3.05, 3.63) is 29.8 Å². The van der Waals surface area contributed by atoms with Crippen molar-refractivity contribution in [3.8, 4) is 5.75 Å². The third-order valence-corrected chi connectivity index (χ3v) is 2.77. The summed E-state index contributed by atoms with van der Waals surface area (Å²) >= 11 is 0. The lowest BCUT2D eigenvalue weighted by Gasteiger charge is -2.27. The van der Waals surface area contributed by atoms with Gasteiger partial charge in [-0.2, -0.15) is 0 Å². The Morgan fingerprint density at radius 2 is 2.17 bits per heavy atom. The molecule has 1 rings (SSSR count). The highest BCUT2D eigenvalue weighted by molar-refractivity contribution is 5.84. The van der Waals surface area contributed by atoms with Crippen molar-refractivity contribution in [1.29, 1.82) is 0 Å². The van der Waals surface area contributed by atoms with E-state index >= 15 is 0 Å². The van der Waals surface area contributed by atoms with Crippen molar-refractivity contribution < 1.29 is 14.6 Å². The molecular formula is C13H20N2O3. The van der Waals surface area contributed by atoms with E-state index < -0.39 is 11.4 Å². The summed E-state index contributed by atoms with van der Waals surface area (Å²) in [5, 5.41) is 12.2. The number of amides is 1. The molecule has 0 aliphatic carbocycles. The van der Waals surface area contributed by atoms with Crippen LogP contribution in [0.25, 0.3) is 0 Å². The van der Waals surface area contributed by atoms with Gasteiger partial charge in [0.1, 0.15) is 17.9 Å². The Bertz CT molecular complexity index is 409. The van der Waals surface area contributed by atoms with Gasteiger partial charge >= 0.3 is 0 Å². The molecule has 0 radical (unpaired) electrons. The number of para-hydroxylation sites is 1. The number of ether oxygens (including phenoxy) is 1. The maximum atomic E-state index is 11.4. The van der Waals surface area contributed by atoms with Gasteiger partial charge in [0, 0.05) is 5.56 Å². The van der Waals surface area contributed by atoms with Gasteiger partial charge in [-0.05, 0) is 19.5 Å². The molecule has 1 amide bonds. The van der Waals surface area contributed by atoms with Crippen LogP contribution < -0.4 is 15.8 Å². The molecule has 0 aliphatic heterocycles. The van der Waals surface area contributed by atoms with Crippen molar-refractivity contribution in [3.63, 3.8) is 0 Å². The first-order valence-electron chi connectivity index (χ1n) is 5.90. The van der Waals surface area contributed by atoms with E-state index in [1.54, 1.807) is 19.1 Å². The highest BCUT2D eigenvalue weighted by Gasteiger charge is 2.31. The Hall–Kier alpha value is -1.59. The van der Waals surface area contributed by atoms with Gasteiger partial charge in [-0.15, -0.1) is 0 Å². The van der Waals surface area contributed by atoms with Gasteiger partial charge < -0.3 is 20.9 Å². The van der Waals surface area contributed by atoms with Crippen LogP contribution in [0.3, 0.4) is 0 Å². The maximum Gasteiger partial charge on any atom is 0.240 e. The number of likely N-dealkylation sites (N-methyl/N-ethyl adjacent to an activating group) is 1. The van der Waals surface area contributed by atoms with Crippen LogP contribution in [0.1, 0.15) is 19.4 Å². The van der Waals surface area contributed by atoms with E-state index in [0.717, 1.165) is 0 Å². The van der Waals surface area contributed by atoms with Crippen molar-refractivity contribution in [2.75, 3.05) is 13.2 Å². The molecule has 0 aliphatic rings. The van der Waals surface area contributed by atoms with Crippen LogP contribution in [0.4, 0.5) is 0 Å². The van der Waals surface area contributed by atoms with E-state index in [1.807, 2.05) is 19.1 Å². The highest BCUT2D eigenvalue weighted by Crippen LogP contribution is 2.19. The summed E-state index contributed by atoms with van der Waals surface area (Å²) in [4.78, 5) is 11.4. The number of nitrogens with one attached hydrogen (secondary N) is 1. The lowest BCUT2D eigenvalue weighted by atomic mass is 10.0. The van der Waals surface area contributed by atoms with Crippen LogP contribution in [0.15, 0.2) is 24.3 Å². The molecule has 5 heteroatoms. The zero-order chi connectivity index (χ0) is 13.6. The van der Waals surface area contributed by atoms with Gasteiger partial charge in [-0.25, -0.2) is 0 Å². The number of carbonyl (C=O) groups excluding carboxylic acids is 1. The van der Waals surface area contributed by atoms with Gasteiger partial charge in [-0.3, -0.25) is 4.79 Å². The molecule has 1 unspecified atom stereocenters. The van der Waals surface area contributed by atoms with Crippen molar-refractivity contribution in [1.82, 2.24) is 5.32 Å². The van der Waals surface area contributed by atoms with Crippen molar-refractivity contribution >= 4 is 5.91 Å². The molecule has 0 saturated heterocycles. The minimum atomic E-state index is -0.919. The quantitative estimate of drug-likeness (QED) is 0.656. The SMILES string of the molecule is CCNC(C)(COc1ccccc1CO)C(N)=O. The first-order valence-corrected chi connectivity index (χ1v) is 5.90. The normalized spacial score (nSPS) is 13.9. The number of nitrogens with two attached hydrogens (primary N) is 1. The standard InChI is InChI=1S/C13H20N2O3/c1-3-15-13(2,12(14)17)9-18-11-7-5-4-6-10(11)8-16/h4-7,15-16H,3,8-9H2,1-2H3,(H2,14,17). The lowest BCUT2D eigenvalue weighted by molar-refractivity contribution is -0.124. The van der Waals surface area contributed by atoms with Crippen LogP contribution in [0, 0.1) is 0 Å². The molecule has 0 heterocycles. The number of benzene rings is 1. The molecule has 0 spiro atoms. The average Bonchev–Trinajstić information content (AvgIpc) is 2.37. The Labute approximate surface area is 107 Å². The summed E-state index contributed by atoms with van der Waals surface area (Å²) in [6, 6.07) is 7.14. The molecule has 1 aromatic carbocycles. The number of aliphatic hydroxyl groups excluding tert-OH is 1. The van der Waals surface area contributed by atoms with E-state index in [2.05, 4.69) is 5.32 Å². The molecule has 1 aromatic rings. The zero-order valence-corrected chi connectivity index (χ0v) is 10.8. The third-order valence-electron chi connectivity index (χ3n) is 2.77. The monoisotopic (exact) mass is 252 g/mol. The number of carbonyl (C=O) groups is 1. The zero-order valence-electron chi connectivity index (χ0n) is 10.8. The first kappa shape index (κ1) is 14.5. The van der Waals surface area contributed by atoms with E-state index in [0.29, 0.717) is 17.9 Å². The second-order valence-corrected chi connectivity index (χ2v) is 4.28. The molecule has 100 valence electrons. The van der Waals surface area contributed by atoms with E-state index in [-0.39, 0.29) is 13.2 Å². The largest absolute Gasteiger partial charge is 0.491 e. The van der Waals surface area contributed by atoms with Gasteiger partial charge in [0.05, 0.1) is 6.61 Å². The maximum absolute atomic E-state index is 11.4. The Balaban J connectivity index is 2.76. The second kappa shape index (κ2) is 6.37. The highest BCUT2D eigenvalue weighted by atomic mass is 16.5. The first-order chi connectivity index (χ1) is 8.53. The summed E-state index contributed by atoms with van der Waals surface area (Å²) in [5.74, 6) is 0.0937. The van der Waals surface area contributed by atoms with Gasteiger partial charge in [0.15, 0.2) is 0 Å². The van der Waals surface area contributed by atoms with Gasteiger partial charge in [-0.1, -0.05) is 25.1 Å². The van der Waals surface area contributed by atoms with E-state index in [4.69, 9.17) is 10.5 Å². The molecule has 0 bridgehead atoms. The Morgan fingerprint density at radius 1 is 1.50 bits per heavy atom. The summed E-state index contributed by atoms with van der Waals surface area (Å²) in [6.45, 7) is 4.21. The number of rotatable bonds is 7. The van der Waals surface area contributed by atoms with Crippen LogP contribution >= 0.6 is 0 Å². The summed E-state index contributed by atoms with van der Waals surface area (Å²) in [5.41, 5.74) is 5.12. The van der Waals surface area contributed by atoms with Crippen LogP contribution in [-0.2, 0) is 11.4 Å². The number of hydrogen-bond acceptors (Lipinski definition) is 4. The fourth-order valence-electron chi connectivity index (χ4n) is 1.60. The smallest absolute Gasteiger partial charge is 0.240 e. The van der Waals surface area contributed by atoms with E-state index in [1.165, 1.54) is 0 Å². The van der Waals surface area contributed by atoms with Crippen LogP contribution in [0.5, 0.6) is 5.75 Å². The Kier molecular flexibility index (Phi) is 5.12. The fraction of sp³-hybridized carbons (Fsp3) is 0.462.